The van der Waals surface area contributed by atoms with Crippen LogP contribution in [0, 0.1) is 6.92 Å². The van der Waals surface area contributed by atoms with Crippen LogP contribution in [0.4, 0.5) is 0 Å². The van der Waals surface area contributed by atoms with Gasteiger partial charge in [-0.2, -0.15) is 0 Å². The van der Waals surface area contributed by atoms with Crippen molar-refractivity contribution in [1.29, 1.82) is 0 Å². The first kappa shape index (κ1) is 8.80. The van der Waals surface area contributed by atoms with Crippen LogP contribution >= 0.6 is 0 Å². The van der Waals surface area contributed by atoms with E-state index in [1.165, 1.54) is 0 Å². The Morgan fingerprint density at radius 1 is 1.67 bits per heavy atom. The number of aromatic hydroxyl groups is 1. The molecule has 0 radical (unpaired) electrons. The average Bonchev–Trinajstić information content (AvgIpc) is 2.07. The van der Waals surface area contributed by atoms with Crippen molar-refractivity contribution in [2.75, 3.05) is 7.05 Å². The minimum absolute atomic E-state index is 0.192. The predicted octanol–water partition coefficient (Wildman–Crippen LogP) is 0.108. The number of H-pyrrole nitrogens is 1. The van der Waals surface area contributed by atoms with Gasteiger partial charge < -0.3 is 15.4 Å². The molecule has 12 heavy (non-hydrogen) atoms. The number of hydrogen-bond donors (Lipinski definition) is 3. The Labute approximate surface area is 70.3 Å². The van der Waals surface area contributed by atoms with Gasteiger partial charge in [-0.1, -0.05) is 0 Å². The molecular formula is C8H12N2O2. The van der Waals surface area contributed by atoms with Crippen molar-refractivity contribution in [3.63, 3.8) is 0 Å². The maximum absolute atomic E-state index is 11.3. The lowest BCUT2D eigenvalue weighted by molar-refractivity contribution is 0.460. The molecule has 1 aromatic heterocycles. The summed E-state index contributed by atoms with van der Waals surface area (Å²) in [7, 11) is 1.75. The van der Waals surface area contributed by atoms with E-state index in [1.54, 1.807) is 20.2 Å². The van der Waals surface area contributed by atoms with Crippen molar-refractivity contribution < 1.29 is 5.11 Å². The minimum Gasteiger partial charge on any atom is -0.503 e. The number of nitrogens with one attached hydrogen (secondary N) is 2. The van der Waals surface area contributed by atoms with Gasteiger partial charge in [-0.25, -0.2) is 0 Å². The Bertz CT molecular complexity index is 330. The quantitative estimate of drug-likeness (QED) is 0.587. The SMILES string of the molecule is CNCc1c[nH]c(C)c(O)c1=O. The lowest BCUT2D eigenvalue weighted by Gasteiger charge is -2.01. The van der Waals surface area contributed by atoms with Crippen molar-refractivity contribution in [2.24, 2.45) is 0 Å². The van der Waals surface area contributed by atoms with E-state index >= 15 is 0 Å². The zero-order valence-corrected chi connectivity index (χ0v) is 7.14. The maximum atomic E-state index is 11.3. The Balaban J connectivity index is 3.18. The van der Waals surface area contributed by atoms with Gasteiger partial charge in [0.15, 0.2) is 5.75 Å². The lowest BCUT2D eigenvalue weighted by Crippen LogP contribution is -2.16. The summed E-state index contributed by atoms with van der Waals surface area (Å²) < 4.78 is 0. The molecule has 66 valence electrons. The van der Waals surface area contributed by atoms with E-state index in [0.717, 1.165) is 0 Å². The second-order valence-electron chi connectivity index (χ2n) is 2.65. The van der Waals surface area contributed by atoms with Gasteiger partial charge in [0.2, 0.25) is 5.43 Å². The van der Waals surface area contributed by atoms with E-state index in [-0.39, 0.29) is 11.2 Å². The summed E-state index contributed by atoms with van der Waals surface area (Å²) in [5.74, 6) is -0.192. The highest BCUT2D eigenvalue weighted by atomic mass is 16.3. The molecule has 0 fully saturated rings. The standard InChI is InChI=1S/C8H12N2O2/c1-5-7(11)8(12)6(3-9-2)4-10-5/h4,9,11H,3H2,1-2H3,(H,10,12). The van der Waals surface area contributed by atoms with Crippen LogP contribution in [0.3, 0.4) is 0 Å². The van der Waals surface area contributed by atoms with E-state index in [9.17, 15) is 9.90 Å². The summed E-state index contributed by atoms with van der Waals surface area (Å²) in [4.78, 5) is 14.1. The smallest absolute Gasteiger partial charge is 0.227 e. The molecule has 0 saturated carbocycles. The summed E-state index contributed by atoms with van der Waals surface area (Å²) in [6.45, 7) is 2.11. The van der Waals surface area contributed by atoms with Gasteiger partial charge in [0.1, 0.15) is 0 Å². The largest absolute Gasteiger partial charge is 0.503 e. The summed E-state index contributed by atoms with van der Waals surface area (Å²) in [6, 6.07) is 0. The third-order valence-electron chi connectivity index (χ3n) is 1.69. The Hall–Kier alpha value is -1.29. The van der Waals surface area contributed by atoms with Crippen molar-refractivity contribution in [3.05, 3.63) is 27.7 Å². The molecule has 4 nitrogen and oxygen atoms in total. The molecule has 0 amide bonds. The van der Waals surface area contributed by atoms with Crippen LogP contribution in [0.2, 0.25) is 0 Å². The first-order chi connectivity index (χ1) is 5.66. The molecule has 0 aliphatic heterocycles. The number of rotatable bonds is 2. The molecule has 0 atom stereocenters. The summed E-state index contributed by atoms with van der Waals surface area (Å²) in [6.07, 6.45) is 1.61. The van der Waals surface area contributed by atoms with Crippen LogP contribution in [0.15, 0.2) is 11.0 Å². The van der Waals surface area contributed by atoms with E-state index in [4.69, 9.17) is 0 Å². The Morgan fingerprint density at radius 2 is 2.33 bits per heavy atom. The Morgan fingerprint density at radius 3 is 2.92 bits per heavy atom. The van der Waals surface area contributed by atoms with Gasteiger partial charge in [-0.05, 0) is 14.0 Å². The minimum atomic E-state index is -0.305. The number of hydrogen-bond acceptors (Lipinski definition) is 3. The number of aryl methyl sites for hydroxylation is 1. The van der Waals surface area contributed by atoms with E-state index in [2.05, 4.69) is 10.3 Å². The first-order valence-corrected chi connectivity index (χ1v) is 3.71. The highest BCUT2D eigenvalue weighted by Gasteiger charge is 2.05. The van der Waals surface area contributed by atoms with Gasteiger partial charge in [-0.15, -0.1) is 0 Å². The highest BCUT2D eigenvalue weighted by molar-refractivity contribution is 5.29. The molecule has 0 unspecified atom stereocenters. The molecule has 1 heterocycles. The number of aromatic nitrogens is 1. The molecule has 1 rings (SSSR count). The number of aromatic amines is 1. The van der Waals surface area contributed by atoms with E-state index in [1.807, 2.05) is 0 Å². The van der Waals surface area contributed by atoms with Crippen molar-refractivity contribution in [3.8, 4) is 5.75 Å². The van der Waals surface area contributed by atoms with Crippen molar-refractivity contribution in [1.82, 2.24) is 10.3 Å². The van der Waals surface area contributed by atoms with Gasteiger partial charge >= 0.3 is 0 Å². The average molecular weight is 168 g/mol. The van der Waals surface area contributed by atoms with Gasteiger partial charge in [0, 0.05) is 18.3 Å². The third-order valence-corrected chi connectivity index (χ3v) is 1.69. The topological polar surface area (TPSA) is 65.1 Å². The fourth-order valence-corrected chi connectivity index (χ4v) is 0.973. The fourth-order valence-electron chi connectivity index (χ4n) is 0.973. The second-order valence-corrected chi connectivity index (χ2v) is 2.65. The molecule has 0 aliphatic carbocycles. The molecule has 0 spiro atoms. The molecule has 4 heteroatoms. The van der Waals surface area contributed by atoms with Crippen LogP contribution < -0.4 is 10.7 Å². The van der Waals surface area contributed by atoms with E-state index < -0.39 is 0 Å². The van der Waals surface area contributed by atoms with Crippen LogP contribution in [0.25, 0.3) is 0 Å². The molecule has 1 aromatic rings. The summed E-state index contributed by atoms with van der Waals surface area (Å²) in [5.41, 5.74) is 0.737. The summed E-state index contributed by atoms with van der Waals surface area (Å²) in [5, 5.41) is 12.1. The number of pyridine rings is 1. The van der Waals surface area contributed by atoms with Gasteiger partial charge in [-0.3, -0.25) is 4.79 Å². The predicted molar refractivity (Wildman–Crippen MR) is 46.2 cm³/mol. The van der Waals surface area contributed by atoms with Gasteiger partial charge in [0.25, 0.3) is 0 Å². The second kappa shape index (κ2) is 3.40. The van der Waals surface area contributed by atoms with E-state index in [0.29, 0.717) is 17.8 Å². The molecule has 0 bridgehead atoms. The lowest BCUT2D eigenvalue weighted by atomic mass is 10.2. The molecule has 0 aliphatic rings. The zero-order chi connectivity index (χ0) is 9.14. The third kappa shape index (κ3) is 1.48. The Kier molecular flexibility index (Phi) is 2.50. The summed E-state index contributed by atoms with van der Waals surface area (Å²) >= 11 is 0. The first-order valence-electron chi connectivity index (χ1n) is 3.71. The molecule has 0 saturated heterocycles. The van der Waals surface area contributed by atoms with Gasteiger partial charge in [0.05, 0.1) is 5.69 Å². The van der Waals surface area contributed by atoms with Crippen LogP contribution in [0.5, 0.6) is 5.75 Å². The van der Waals surface area contributed by atoms with Crippen LogP contribution in [-0.4, -0.2) is 17.1 Å². The molecule has 3 N–H and O–H groups in total. The van der Waals surface area contributed by atoms with Crippen LogP contribution in [-0.2, 0) is 6.54 Å². The molecular weight excluding hydrogens is 156 g/mol. The van der Waals surface area contributed by atoms with Crippen molar-refractivity contribution in [2.45, 2.75) is 13.5 Å². The monoisotopic (exact) mass is 168 g/mol. The molecule has 0 aromatic carbocycles. The fraction of sp³-hybridized carbons (Fsp3) is 0.375. The normalized spacial score (nSPS) is 10.2. The maximum Gasteiger partial charge on any atom is 0.227 e. The van der Waals surface area contributed by atoms with Crippen LogP contribution in [0.1, 0.15) is 11.3 Å². The highest BCUT2D eigenvalue weighted by Crippen LogP contribution is 2.06. The zero-order valence-electron chi connectivity index (χ0n) is 7.14. The van der Waals surface area contributed by atoms with Crippen molar-refractivity contribution >= 4 is 0 Å².